The molecule has 0 fully saturated rings. The molecule has 1 aromatic carbocycles. The van der Waals surface area contributed by atoms with Crippen LogP contribution in [0.5, 0.6) is 11.6 Å². The molecule has 0 amide bonds. The van der Waals surface area contributed by atoms with Gasteiger partial charge in [0.2, 0.25) is 5.88 Å². The number of aromatic nitrogens is 2. The number of benzene rings is 1. The fraction of sp³-hybridized carbons (Fsp3) is 0.333. The average molecular weight is 292 g/mol. The van der Waals surface area contributed by atoms with Crippen molar-refractivity contribution in [1.82, 2.24) is 9.97 Å². The predicted molar refractivity (Wildman–Crippen MR) is 81.8 cm³/mol. The molecule has 0 aliphatic rings. The largest absolute Gasteiger partial charge is 0.438 e. The predicted octanol–water partition coefficient (Wildman–Crippen LogP) is 4.22. The van der Waals surface area contributed by atoms with Gasteiger partial charge in [-0.3, -0.25) is 0 Å². The lowest BCUT2D eigenvalue weighted by Crippen LogP contribution is -2.07. The molecule has 0 bridgehead atoms. The summed E-state index contributed by atoms with van der Waals surface area (Å²) in [6, 6.07) is 7.27. The van der Waals surface area contributed by atoms with Crippen molar-refractivity contribution in [3.8, 4) is 11.6 Å². The van der Waals surface area contributed by atoms with Crippen LogP contribution in [0.4, 0.5) is 5.82 Å². The standard InChI is InChI=1S/C15H18ClN3O/c1-4-13-18-14(17-5-2)10(3)15(19-13)20-12-8-6-7-11(16)9-12/h6-9H,4-5H2,1-3H3,(H,17,18,19). The Morgan fingerprint density at radius 1 is 1.25 bits per heavy atom. The zero-order valence-corrected chi connectivity index (χ0v) is 12.7. The number of hydrogen-bond donors (Lipinski definition) is 1. The highest BCUT2D eigenvalue weighted by Crippen LogP contribution is 2.28. The molecule has 0 spiro atoms. The molecule has 2 aromatic rings. The summed E-state index contributed by atoms with van der Waals surface area (Å²) in [5, 5.41) is 3.87. The summed E-state index contributed by atoms with van der Waals surface area (Å²) in [5.41, 5.74) is 0.893. The van der Waals surface area contributed by atoms with Crippen LogP contribution in [-0.4, -0.2) is 16.5 Å². The Morgan fingerprint density at radius 2 is 2.05 bits per heavy atom. The second kappa shape index (κ2) is 6.57. The molecule has 106 valence electrons. The van der Waals surface area contributed by atoms with Gasteiger partial charge in [-0.2, -0.15) is 4.98 Å². The third-order valence-corrected chi connectivity index (χ3v) is 3.05. The van der Waals surface area contributed by atoms with E-state index in [1.54, 1.807) is 6.07 Å². The molecule has 0 radical (unpaired) electrons. The van der Waals surface area contributed by atoms with Gasteiger partial charge in [0, 0.05) is 18.0 Å². The van der Waals surface area contributed by atoms with E-state index < -0.39 is 0 Å². The summed E-state index contributed by atoms with van der Waals surface area (Å²) < 4.78 is 5.84. The van der Waals surface area contributed by atoms with Crippen molar-refractivity contribution < 1.29 is 4.74 Å². The Kier molecular flexibility index (Phi) is 4.79. The molecule has 1 heterocycles. The molecule has 0 unspecified atom stereocenters. The van der Waals surface area contributed by atoms with Gasteiger partial charge >= 0.3 is 0 Å². The van der Waals surface area contributed by atoms with Crippen molar-refractivity contribution in [3.05, 3.63) is 40.7 Å². The number of nitrogens with zero attached hydrogens (tertiary/aromatic N) is 2. The number of nitrogens with one attached hydrogen (secondary N) is 1. The second-order valence-corrected chi connectivity index (χ2v) is 4.80. The molecule has 0 aliphatic carbocycles. The molecule has 4 nitrogen and oxygen atoms in total. The average Bonchev–Trinajstić information content (AvgIpc) is 2.43. The first-order valence-electron chi connectivity index (χ1n) is 6.68. The molecule has 0 saturated carbocycles. The van der Waals surface area contributed by atoms with Gasteiger partial charge in [0.1, 0.15) is 17.4 Å². The van der Waals surface area contributed by atoms with E-state index in [2.05, 4.69) is 15.3 Å². The fourth-order valence-electron chi connectivity index (χ4n) is 1.78. The van der Waals surface area contributed by atoms with Crippen LogP contribution >= 0.6 is 11.6 Å². The van der Waals surface area contributed by atoms with Crippen molar-refractivity contribution in [1.29, 1.82) is 0 Å². The van der Waals surface area contributed by atoms with Gasteiger partial charge in [-0.05, 0) is 32.0 Å². The summed E-state index contributed by atoms with van der Waals surface area (Å²) in [4.78, 5) is 8.91. The maximum absolute atomic E-state index is 5.97. The van der Waals surface area contributed by atoms with Gasteiger partial charge in [0.25, 0.3) is 0 Å². The molecule has 0 aliphatic heterocycles. The summed E-state index contributed by atoms with van der Waals surface area (Å²) in [5.74, 6) is 2.80. The lowest BCUT2D eigenvalue weighted by molar-refractivity contribution is 0.455. The van der Waals surface area contributed by atoms with Crippen LogP contribution in [-0.2, 0) is 6.42 Å². The summed E-state index contributed by atoms with van der Waals surface area (Å²) in [6.07, 6.45) is 0.755. The third kappa shape index (κ3) is 3.39. The number of halogens is 1. The van der Waals surface area contributed by atoms with Gasteiger partial charge in [-0.25, -0.2) is 4.98 Å². The smallest absolute Gasteiger partial charge is 0.227 e. The minimum Gasteiger partial charge on any atom is -0.438 e. The zero-order valence-electron chi connectivity index (χ0n) is 11.9. The molecule has 0 saturated heterocycles. The fourth-order valence-corrected chi connectivity index (χ4v) is 1.96. The van der Waals surface area contributed by atoms with Crippen LogP contribution in [0.3, 0.4) is 0 Å². The monoisotopic (exact) mass is 291 g/mol. The van der Waals surface area contributed by atoms with Crippen LogP contribution in [0.25, 0.3) is 0 Å². The Morgan fingerprint density at radius 3 is 2.70 bits per heavy atom. The Bertz CT molecular complexity index is 602. The van der Waals surface area contributed by atoms with Crippen LogP contribution in [0, 0.1) is 6.92 Å². The SMILES string of the molecule is CCNc1nc(CC)nc(Oc2cccc(Cl)c2)c1C. The van der Waals surface area contributed by atoms with E-state index in [1.165, 1.54) is 0 Å². The highest BCUT2D eigenvalue weighted by molar-refractivity contribution is 6.30. The van der Waals surface area contributed by atoms with Gasteiger partial charge in [-0.1, -0.05) is 24.6 Å². The normalized spacial score (nSPS) is 10.4. The van der Waals surface area contributed by atoms with Crippen molar-refractivity contribution in [2.45, 2.75) is 27.2 Å². The maximum Gasteiger partial charge on any atom is 0.227 e. The van der Waals surface area contributed by atoms with Gasteiger partial charge in [0.15, 0.2) is 0 Å². The lowest BCUT2D eigenvalue weighted by atomic mass is 10.3. The van der Waals surface area contributed by atoms with Gasteiger partial charge in [0.05, 0.1) is 5.56 Å². The quantitative estimate of drug-likeness (QED) is 0.896. The number of hydrogen-bond acceptors (Lipinski definition) is 4. The molecule has 1 N–H and O–H groups in total. The van der Waals surface area contributed by atoms with Gasteiger partial charge < -0.3 is 10.1 Å². The Balaban J connectivity index is 2.37. The van der Waals surface area contributed by atoms with Crippen LogP contribution in [0.2, 0.25) is 5.02 Å². The highest BCUT2D eigenvalue weighted by atomic mass is 35.5. The molecule has 20 heavy (non-hydrogen) atoms. The van der Waals surface area contributed by atoms with E-state index in [4.69, 9.17) is 16.3 Å². The first-order valence-corrected chi connectivity index (χ1v) is 7.06. The summed E-state index contributed by atoms with van der Waals surface area (Å²) >= 11 is 5.97. The molecule has 5 heteroatoms. The minimum absolute atomic E-state index is 0.565. The van der Waals surface area contributed by atoms with Crippen molar-refractivity contribution >= 4 is 17.4 Å². The minimum atomic E-state index is 0.565. The summed E-state index contributed by atoms with van der Waals surface area (Å²) in [6.45, 7) is 6.79. The van der Waals surface area contributed by atoms with Crippen LogP contribution in [0.15, 0.2) is 24.3 Å². The highest BCUT2D eigenvalue weighted by Gasteiger charge is 2.12. The van der Waals surface area contributed by atoms with Gasteiger partial charge in [-0.15, -0.1) is 0 Å². The maximum atomic E-state index is 5.97. The van der Waals surface area contributed by atoms with E-state index in [9.17, 15) is 0 Å². The van der Waals surface area contributed by atoms with Crippen molar-refractivity contribution in [2.24, 2.45) is 0 Å². The van der Waals surface area contributed by atoms with E-state index in [1.807, 2.05) is 39.0 Å². The first-order chi connectivity index (χ1) is 9.63. The Hall–Kier alpha value is -1.81. The van der Waals surface area contributed by atoms with Crippen molar-refractivity contribution in [3.63, 3.8) is 0 Å². The summed E-state index contributed by atoms with van der Waals surface area (Å²) in [7, 11) is 0. The second-order valence-electron chi connectivity index (χ2n) is 4.36. The molecular weight excluding hydrogens is 274 g/mol. The molecular formula is C15H18ClN3O. The Labute approximate surface area is 124 Å². The van der Waals surface area contributed by atoms with E-state index in [-0.39, 0.29) is 0 Å². The first kappa shape index (κ1) is 14.6. The number of rotatable bonds is 5. The topological polar surface area (TPSA) is 47.0 Å². The van der Waals surface area contributed by atoms with E-state index in [0.717, 1.165) is 30.2 Å². The molecule has 0 atom stereocenters. The van der Waals surface area contributed by atoms with Crippen molar-refractivity contribution in [2.75, 3.05) is 11.9 Å². The molecule has 1 aromatic heterocycles. The number of ether oxygens (including phenoxy) is 1. The van der Waals surface area contributed by atoms with Crippen LogP contribution in [0.1, 0.15) is 25.2 Å². The molecule has 2 rings (SSSR count). The lowest BCUT2D eigenvalue weighted by Gasteiger charge is -2.13. The third-order valence-electron chi connectivity index (χ3n) is 2.82. The number of aryl methyl sites for hydroxylation is 1. The van der Waals surface area contributed by atoms with Crippen LogP contribution < -0.4 is 10.1 Å². The van der Waals surface area contributed by atoms with E-state index >= 15 is 0 Å². The zero-order chi connectivity index (χ0) is 14.5. The van der Waals surface area contributed by atoms with E-state index in [0.29, 0.717) is 16.7 Å². The number of anilines is 1.